The Bertz CT molecular complexity index is 724. The predicted octanol–water partition coefficient (Wildman–Crippen LogP) is 3.36. The number of piperidine rings is 1. The molecule has 1 aliphatic rings. The van der Waals surface area contributed by atoms with Gasteiger partial charge < -0.3 is 10.2 Å². The van der Waals surface area contributed by atoms with Crippen molar-refractivity contribution in [1.29, 1.82) is 0 Å². The zero-order valence-corrected chi connectivity index (χ0v) is 16.4. The van der Waals surface area contributed by atoms with Crippen molar-refractivity contribution in [1.82, 2.24) is 20.2 Å². The van der Waals surface area contributed by atoms with Crippen LogP contribution in [0.1, 0.15) is 46.1 Å². The number of carbonyl (C=O) groups is 1. The van der Waals surface area contributed by atoms with E-state index in [4.69, 9.17) is 0 Å². The molecule has 1 N–H and O–H groups in total. The molecular weight excluding hydrogens is 348 g/mol. The lowest BCUT2D eigenvalue weighted by atomic mass is 10.1. The summed E-state index contributed by atoms with van der Waals surface area (Å²) in [7, 11) is 0. The van der Waals surface area contributed by atoms with Gasteiger partial charge in [-0.3, -0.25) is 4.79 Å². The second-order valence-electron chi connectivity index (χ2n) is 6.84. The number of amides is 1. The first-order valence-corrected chi connectivity index (χ1v) is 10.0. The first-order valence-electron chi connectivity index (χ1n) is 9.15. The highest BCUT2D eigenvalue weighted by molar-refractivity contribution is 8.00. The fraction of sp³-hybridized carbons (Fsp3) is 0.556. The lowest BCUT2D eigenvalue weighted by Crippen LogP contribution is -2.29. The highest BCUT2D eigenvalue weighted by atomic mass is 32.2. The number of aromatic nitrogens is 4. The molecule has 1 saturated heterocycles. The molecule has 0 saturated carbocycles. The molecule has 2 heterocycles. The number of benzene rings is 1. The molecule has 2 aromatic rings. The molecule has 1 fully saturated rings. The Morgan fingerprint density at radius 1 is 1.12 bits per heavy atom. The van der Waals surface area contributed by atoms with Crippen LogP contribution < -0.4 is 10.2 Å². The van der Waals surface area contributed by atoms with Gasteiger partial charge in [0.05, 0.1) is 11.3 Å². The molecule has 0 spiro atoms. The number of carbonyl (C=O) groups excluding carboxylic acids is 1. The summed E-state index contributed by atoms with van der Waals surface area (Å²) in [4.78, 5) is 14.9. The number of thioether (sulfide) groups is 1. The van der Waals surface area contributed by atoms with E-state index in [9.17, 15) is 4.79 Å². The molecule has 140 valence electrons. The van der Waals surface area contributed by atoms with Gasteiger partial charge in [0.1, 0.15) is 0 Å². The van der Waals surface area contributed by atoms with Crippen molar-refractivity contribution in [3.63, 3.8) is 0 Å². The Kier molecular flexibility index (Phi) is 6.13. The summed E-state index contributed by atoms with van der Waals surface area (Å²) in [5, 5.41) is 15.0. The average Bonchev–Trinajstić information content (AvgIpc) is 3.11. The van der Waals surface area contributed by atoms with Crippen LogP contribution in [0.25, 0.3) is 0 Å². The van der Waals surface area contributed by atoms with E-state index < -0.39 is 0 Å². The Morgan fingerprint density at radius 3 is 2.46 bits per heavy atom. The molecule has 0 unspecified atom stereocenters. The van der Waals surface area contributed by atoms with E-state index in [0.29, 0.717) is 5.16 Å². The molecule has 7 nitrogen and oxygen atoms in total. The van der Waals surface area contributed by atoms with E-state index in [1.807, 2.05) is 32.9 Å². The minimum absolute atomic E-state index is 0.0565. The fourth-order valence-electron chi connectivity index (χ4n) is 2.95. The highest BCUT2D eigenvalue weighted by Gasteiger charge is 2.20. The number of rotatable bonds is 6. The van der Waals surface area contributed by atoms with E-state index in [2.05, 4.69) is 37.9 Å². The van der Waals surface area contributed by atoms with Gasteiger partial charge in [-0.25, -0.2) is 4.68 Å². The second-order valence-corrected chi connectivity index (χ2v) is 8.15. The minimum atomic E-state index is -0.291. The van der Waals surface area contributed by atoms with Crippen LogP contribution in [0.3, 0.4) is 0 Å². The zero-order chi connectivity index (χ0) is 18.5. The summed E-state index contributed by atoms with van der Waals surface area (Å²) in [5.41, 5.74) is 2.04. The van der Waals surface area contributed by atoms with Gasteiger partial charge >= 0.3 is 0 Å². The van der Waals surface area contributed by atoms with Crippen molar-refractivity contribution < 1.29 is 4.79 Å². The largest absolute Gasteiger partial charge is 0.372 e. The van der Waals surface area contributed by atoms with Crippen molar-refractivity contribution in [2.24, 2.45) is 0 Å². The quantitative estimate of drug-likeness (QED) is 0.782. The summed E-state index contributed by atoms with van der Waals surface area (Å²) in [6.07, 6.45) is 3.83. The molecule has 1 aromatic carbocycles. The third kappa shape index (κ3) is 4.55. The number of nitrogens with zero attached hydrogens (tertiary/aromatic N) is 5. The third-order valence-corrected chi connectivity index (χ3v) is 5.51. The molecule has 1 aliphatic heterocycles. The molecule has 0 bridgehead atoms. The van der Waals surface area contributed by atoms with Crippen LogP contribution in [0, 0.1) is 0 Å². The van der Waals surface area contributed by atoms with Gasteiger partial charge in [-0.15, -0.1) is 5.10 Å². The zero-order valence-electron chi connectivity index (χ0n) is 15.6. The maximum Gasteiger partial charge on any atom is 0.237 e. The van der Waals surface area contributed by atoms with E-state index in [1.54, 1.807) is 4.68 Å². The van der Waals surface area contributed by atoms with Crippen molar-refractivity contribution in [2.75, 3.05) is 23.3 Å². The van der Waals surface area contributed by atoms with Gasteiger partial charge in [-0.05, 0) is 74.7 Å². The van der Waals surface area contributed by atoms with E-state index in [1.165, 1.54) is 36.7 Å². The van der Waals surface area contributed by atoms with E-state index >= 15 is 0 Å². The topological polar surface area (TPSA) is 75.9 Å². The van der Waals surface area contributed by atoms with Gasteiger partial charge in [0.15, 0.2) is 0 Å². The number of tetrazole rings is 1. The van der Waals surface area contributed by atoms with Gasteiger partial charge in [-0.1, -0.05) is 11.8 Å². The Hall–Kier alpha value is -2.09. The Morgan fingerprint density at radius 2 is 1.81 bits per heavy atom. The molecule has 3 rings (SSSR count). The SMILES string of the molecule is CC(C)n1nnnc1S[C@H](C)C(=O)Nc1ccc(N2CCCCC2)cc1. The number of hydrogen-bond donors (Lipinski definition) is 1. The van der Waals surface area contributed by atoms with Crippen LogP contribution in [0.15, 0.2) is 29.4 Å². The normalized spacial score (nSPS) is 15.9. The predicted molar refractivity (Wildman–Crippen MR) is 105 cm³/mol. The van der Waals surface area contributed by atoms with Crippen LogP contribution in [0.4, 0.5) is 11.4 Å². The third-order valence-electron chi connectivity index (χ3n) is 4.46. The molecule has 8 heteroatoms. The number of anilines is 2. The maximum atomic E-state index is 12.5. The van der Waals surface area contributed by atoms with Crippen LogP contribution in [-0.4, -0.2) is 44.5 Å². The molecule has 1 atom stereocenters. The summed E-state index contributed by atoms with van der Waals surface area (Å²) in [5.74, 6) is -0.0565. The van der Waals surface area contributed by atoms with Gasteiger partial charge in [-0.2, -0.15) is 0 Å². The number of hydrogen-bond acceptors (Lipinski definition) is 6. The summed E-state index contributed by atoms with van der Waals surface area (Å²) < 4.78 is 1.72. The van der Waals surface area contributed by atoms with Crippen molar-refractivity contribution in [3.8, 4) is 0 Å². The van der Waals surface area contributed by atoms with Crippen LogP contribution in [0.5, 0.6) is 0 Å². The molecule has 0 aliphatic carbocycles. The van der Waals surface area contributed by atoms with E-state index in [0.717, 1.165) is 18.8 Å². The Labute approximate surface area is 158 Å². The van der Waals surface area contributed by atoms with Gasteiger partial charge in [0.2, 0.25) is 11.1 Å². The molecule has 0 radical (unpaired) electrons. The standard InChI is InChI=1S/C18H26N6OS/c1-13(2)24-18(20-21-22-24)26-14(3)17(25)19-15-7-9-16(10-8-15)23-11-5-4-6-12-23/h7-10,13-14H,4-6,11-12H2,1-3H3,(H,19,25)/t14-/m1/s1. The molecule has 26 heavy (non-hydrogen) atoms. The van der Waals surface area contributed by atoms with Crippen LogP contribution in [-0.2, 0) is 4.79 Å². The summed E-state index contributed by atoms with van der Waals surface area (Å²) >= 11 is 1.36. The lowest BCUT2D eigenvalue weighted by Gasteiger charge is -2.28. The fourth-order valence-corrected chi connectivity index (χ4v) is 3.87. The summed E-state index contributed by atoms with van der Waals surface area (Å²) in [6.45, 7) is 8.11. The van der Waals surface area contributed by atoms with Crippen LogP contribution in [0.2, 0.25) is 0 Å². The smallest absolute Gasteiger partial charge is 0.237 e. The van der Waals surface area contributed by atoms with Gasteiger partial charge in [0, 0.05) is 24.5 Å². The highest BCUT2D eigenvalue weighted by Crippen LogP contribution is 2.25. The number of nitrogens with one attached hydrogen (secondary N) is 1. The average molecular weight is 375 g/mol. The second kappa shape index (κ2) is 8.53. The van der Waals surface area contributed by atoms with E-state index in [-0.39, 0.29) is 17.2 Å². The molecule has 1 amide bonds. The van der Waals surface area contributed by atoms with Gasteiger partial charge in [0.25, 0.3) is 0 Å². The monoisotopic (exact) mass is 374 g/mol. The molecular formula is C18H26N6OS. The Balaban J connectivity index is 1.57. The van der Waals surface area contributed by atoms with Crippen molar-refractivity contribution in [3.05, 3.63) is 24.3 Å². The van der Waals surface area contributed by atoms with Crippen LogP contribution >= 0.6 is 11.8 Å². The van der Waals surface area contributed by atoms with Crippen molar-refractivity contribution in [2.45, 2.75) is 56.5 Å². The summed E-state index contributed by atoms with van der Waals surface area (Å²) in [6, 6.07) is 8.26. The molecule has 1 aromatic heterocycles. The first-order chi connectivity index (χ1) is 12.5. The first kappa shape index (κ1) is 18.7. The minimum Gasteiger partial charge on any atom is -0.372 e. The van der Waals surface area contributed by atoms with Crippen molar-refractivity contribution >= 4 is 29.0 Å². The lowest BCUT2D eigenvalue weighted by molar-refractivity contribution is -0.115. The maximum absolute atomic E-state index is 12.5.